The number of rotatable bonds is 5. The van der Waals surface area contributed by atoms with Crippen molar-refractivity contribution in [3.8, 4) is 0 Å². The number of fused-ring (bicyclic) bond motifs is 1. The lowest BCUT2D eigenvalue weighted by atomic mass is 10.1. The summed E-state index contributed by atoms with van der Waals surface area (Å²) in [6.07, 6.45) is 2.32. The van der Waals surface area contributed by atoms with E-state index in [0.29, 0.717) is 19.3 Å². The van der Waals surface area contributed by atoms with Crippen molar-refractivity contribution in [3.05, 3.63) is 24.2 Å². The highest BCUT2D eigenvalue weighted by atomic mass is 16.5. The summed E-state index contributed by atoms with van der Waals surface area (Å²) < 4.78 is 12.4. The van der Waals surface area contributed by atoms with Gasteiger partial charge in [-0.2, -0.15) is 5.10 Å². The van der Waals surface area contributed by atoms with Crippen molar-refractivity contribution >= 4 is 11.3 Å². The highest BCUT2D eigenvalue weighted by Gasteiger charge is 2.27. The van der Waals surface area contributed by atoms with Crippen LogP contribution in [0.15, 0.2) is 18.3 Å². The van der Waals surface area contributed by atoms with Crippen LogP contribution in [-0.4, -0.2) is 54.1 Å². The van der Waals surface area contributed by atoms with E-state index >= 15 is 0 Å². The minimum atomic E-state index is 0.309. The van der Waals surface area contributed by atoms with Crippen molar-refractivity contribution in [2.45, 2.75) is 13.0 Å². The molecule has 3 rings (SSSR count). The third-order valence-electron chi connectivity index (χ3n) is 3.28. The van der Waals surface area contributed by atoms with Gasteiger partial charge in [0.25, 0.3) is 0 Å². The van der Waals surface area contributed by atoms with Crippen molar-refractivity contribution in [3.63, 3.8) is 0 Å². The summed E-state index contributed by atoms with van der Waals surface area (Å²) in [5.74, 6) is 0.793. The molecule has 1 fully saturated rings. The average molecular weight is 262 g/mol. The Bertz CT molecular complexity index is 563. The summed E-state index contributed by atoms with van der Waals surface area (Å²) in [6, 6.07) is 4.07. The minimum absolute atomic E-state index is 0.309. The van der Waals surface area contributed by atoms with E-state index in [1.54, 1.807) is 7.11 Å². The Labute approximate surface area is 111 Å². The molecule has 3 heterocycles. The molecule has 2 aromatic heterocycles. The van der Waals surface area contributed by atoms with Gasteiger partial charge in [0.15, 0.2) is 5.65 Å². The van der Waals surface area contributed by atoms with E-state index in [1.807, 2.05) is 23.7 Å². The quantitative estimate of drug-likeness (QED) is 0.749. The van der Waals surface area contributed by atoms with Gasteiger partial charge in [-0.15, -0.1) is 0 Å². The van der Waals surface area contributed by atoms with Crippen LogP contribution < -0.4 is 4.90 Å². The average Bonchev–Trinajstić information content (AvgIpc) is 2.71. The predicted octanol–water partition coefficient (Wildman–Crippen LogP) is 0.889. The molecule has 0 radical (unpaired) electrons. The fourth-order valence-electron chi connectivity index (χ4n) is 2.22. The lowest BCUT2D eigenvalue weighted by Crippen LogP contribution is -2.52. The number of hydrogen-bond donors (Lipinski definition) is 0. The molecule has 1 aliphatic rings. The van der Waals surface area contributed by atoms with Gasteiger partial charge in [-0.3, -0.25) is 0 Å². The molecule has 0 amide bonds. The van der Waals surface area contributed by atoms with Crippen molar-refractivity contribution < 1.29 is 9.47 Å². The summed E-state index contributed by atoms with van der Waals surface area (Å²) >= 11 is 0. The Morgan fingerprint density at radius 2 is 2.16 bits per heavy atom. The first-order chi connectivity index (χ1) is 9.26. The molecule has 0 unspecified atom stereocenters. The molecule has 0 saturated carbocycles. The Morgan fingerprint density at radius 1 is 1.32 bits per heavy atom. The molecule has 6 heteroatoms. The third kappa shape index (κ3) is 2.54. The molecule has 0 aromatic carbocycles. The Kier molecular flexibility index (Phi) is 3.35. The third-order valence-corrected chi connectivity index (χ3v) is 3.28. The summed E-state index contributed by atoms with van der Waals surface area (Å²) in [5, 5.41) is 4.33. The van der Waals surface area contributed by atoms with E-state index in [2.05, 4.69) is 21.0 Å². The van der Waals surface area contributed by atoms with Gasteiger partial charge < -0.3 is 14.4 Å². The Morgan fingerprint density at radius 3 is 2.95 bits per heavy atom. The highest BCUT2D eigenvalue weighted by Crippen LogP contribution is 2.22. The highest BCUT2D eigenvalue weighted by molar-refractivity contribution is 5.53. The number of ether oxygens (including phenoxy) is 2. The Balaban J connectivity index is 1.60. The molecule has 0 spiro atoms. The van der Waals surface area contributed by atoms with Crippen LogP contribution in [0.1, 0.15) is 5.82 Å². The second-order valence-corrected chi connectivity index (χ2v) is 4.74. The lowest BCUT2D eigenvalue weighted by Gasteiger charge is -2.40. The summed E-state index contributed by atoms with van der Waals surface area (Å²) in [4.78, 5) is 6.59. The molecule has 0 aliphatic carbocycles. The first-order valence-corrected chi connectivity index (χ1v) is 6.45. The van der Waals surface area contributed by atoms with Crippen LogP contribution in [0.3, 0.4) is 0 Å². The van der Waals surface area contributed by atoms with Crippen LogP contribution in [0.4, 0.5) is 5.69 Å². The molecule has 1 saturated heterocycles. The zero-order chi connectivity index (χ0) is 13.2. The van der Waals surface area contributed by atoms with Crippen LogP contribution in [-0.2, 0) is 9.47 Å². The van der Waals surface area contributed by atoms with Crippen molar-refractivity contribution in [2.24, 2.45) is 0 Å². The van der Waals surface area contributed by atoms with Crippen LogP contribution in [0, 0.1) is 6.92 Å². The molecular weight excluding hydrogens is 244 g/mol. The van der Waals surface area contributed by atoms with Gasteiger partial charge in [-0.25, -0.2) is 9.50 Å². The van der Waals surface area contributed by atoms with E-state index in [4.69, 9.17) is 9.47 Å². The zero-order valence-corrected chi connectivity index (χ0v) is 11.2. The lowest BCUT2D eigenvalue weighted by molar-refractivity contribution is 0.00397. The van der Waals surface area contributed by atoms with Gasteiger partial charge in [0.05, 0.1) is 31.2 Å². The number of nitrogens with zero attached hydrogens (tertiary/aromatic N) is 4. The second-order valence-electron chi connectivity index (χ2n) is 4.74. The number of anilines is 1. The number of aryl methyl sites for hydroxylation is 1. The maximum Gasteiger partial charge on any atom is 0.155 e. The topological polar surface area (TPSA) is 51.9 Å². The largest absolute Gasteiger partial charge is 0.382 e. The normalized spacial score (nSPS) is 16.0. The zero-order valence-electron chi connectivity index (χ0n) is 11.2. The minimum Gasteiger partial charge on any atom is -0.382 e. The smallest absolute Gasteiger partial charge is 0.155 e. The summed E-state index contributed by atoms with van der Waals surface area (Å²) in [7, 11) is 1.69. The fourth-order valence-corrected chi connectivity index (χ4v) is 2.22. The van der Waals surface area contributed by atoms with Gasteiger partial charge in [0.1, 0.15) is 5.82 Å². The van der Waals surface area contributed by atoms with Crippen molar-refractivity contribution in [2.75, 3.05) is 38.3 Å². The van der Waals surface area contributed by atoms with Gasteiger partial charge in [-0.05, 0) is 19.1 Å². The van der Waals surface area contributed by atoms with Gasteiger partial charge in [-0.1, -0.05) is 0 Å². The second kappa shape index (κ2) is 5.14. The van der Waals surface area contributed by atoms with Gasteiger partial charge >= 0.3 is 0 Å². The van der Waals surface area contributed by atoms with Crippen LogP contribution in [0.5, 0.6) is 0 Å². The van der Waals surface area contributed by atoms with Crippen LogP contribution >= 0.6 is 0 Å². The van der Waals surface area contributed by atoms with Gasteiger partial charge in [0, 0.05) is 20.2 Å². The van der Waals surface area contributed by atoms with E-state index in [-0.39, 0.29) is 0 Å². The molecule has 19 heavy (non-hydrogen) atoms. The molecule has 2 aromatic rings. The SMILES string of the molecule is COCCOC1CN(c2ccc3nc(C)nn3c2)C1. The van der Waals surface area contributed by atoms with E-state index in [9.17, 15) is 0 Å². The van der Waals surface area contributed by atoms with Crippen molar-refractivity contribution in [1.29, 1.82) is 0 Å². The summed E-state index contributed by atoms with van der Waals surface area (Å²) in [6.45, 7) is 5.05. The fraction of sp³-hybridized carbons (Fsp3) is 0.538. The number of pyridine rings is 1. The van der Waals surface area contributed by atoms with E-state index in [0.717, 1.165) is 30.2 Å². The van der Waals surface area contributed by atoms with Crippen LogP contribution in [0.25, 0.3) is 5.65 Å². The first kappa shape index (κ1) is 12.4. The molecule has 1 aliphatic heterocycles. The standard InChI is InChI=1S/C13H18N4O2/c1-10-14-13-4-3-11(7-17(13)15-10)16-8-12(9-16)19-6-5-18-2/h3-4,7,12H,5-6,8-9H2,1-2H3. The van der Waals surface area contributed by atoms with E-state index in [1.165, 1.54) is 0 Å². The molecule has 6 nitrogen and oxygen atoms in total. The summed E-state index contributed by atoms with van der Waals surface area (Å²) in [5.41, 5.74) is 2.04. The molecule has 0 bridgehead atoms. The molecule has 102 valence electrons. The monoisotopic (exact) mass is 262 g/mol. The number of hydrogen-bond acceptors (Lipinski definition) is 5. The number of aromatic nitrogens is 3. The van der Waals surface area contributed by atoms with Gasteiger partial charge in [0.2, 0.25) is 0 Å². The predicted molar refractivity (Wildman–Crippen MR) is 71.6 cm³/mol. The molecular formula is C13H18N4O2. The maximum absolute atomic E-state index is 5.66. The Hall–Kier alpha value is -1.66. The van der Waals surface area contributed by atoms with E-state index < -0.39 is 0 Å². The number of methoxy groups -OCH3 is 1. The first-order valence-electron chi connectivity index (χ1n) is 6.45. The van der Waals surface area contributed by atoms with Crippen LogP contribution in [0.2, 0.25) is 0 Å². The van der Waals surface area contributed by atoms with Crippen molar-refractivity contribution in [1.82, 2.24) is 14.6 Å². The molecule has 0 N–H and O–H groups in total. The maximum atomic E-state index is 5.66. The molecule has 0 atom stereocenters.